The number of aromatic amines is 1. The number of hydrogen-bond acceptors (Lipinski definition) is 5. The van der Waals surface area contributed by atoms with Gasteiger partial charge in [0.25, 0.3) is 0 Å². The zero-order valence-corrected chi connectivity index (χ0v) is 10.0. The lowest BCUT2D eigenvalue weighted by Gasteiger charge is -2.04. The molecule has 3 rings (SSSR count). The molecule has 7 heteroatoms. The van der Waals surface area contributed by atoms with Gasteiger partial charge in [-0.05, 0) is 24.4 Å². The fraction of sp³-hybridized carbons (Fsp3) is 0. The highest BCUT2D eigenvalue weighted by Gasteiger charge is 2.11. The van der Waals surface area contributed by atoms with E-state index in [1.807, 2.05) is 18.2 Å². The van der Waals surface area contributed by atoms with Crippen LogP contribution in [0.2, 0.25) is 0 Å². The van der Waals surface area contributed by atoms with Crippen LogP contribution in [0.15, 0.2) is 43.1 Å². The minimum absolute atomic E-state index is 0.477. The first-order valence-electron chi connectivity index (χ1n) is 5.20. The summed E-state index contributed by atoms with van der Waals surface area (Å²) in [4.78, 5) is 12.2. The molecule has 3 heterocycles. The maximum atomic E-state index is 5.22. The molecule has 0 atom stereocenters. The molecule has 1 N–H and O–H groups in total. The van der Waals surface area contributed by atoms with Gasteiger partial charge in [-0.25, -0.2) is 9.97 Å². The van der Waals surface area contributed by atoms with Crippen molar-refractivity contribution in [3.05, 3.63) is 47.9 Å². The molecular weight excluding hydrogens is 248 g/mol. The molecule has 88 valence electrons. The summed E-state index contributed by atoms with van der Waals surface area (Å²) < 4.78 is 2.22. The first-order chi connectivity index (χ1) is 8.86. The van der Waals surface area contributed by atoms with Gasteiger partial charge in [0.05, 0.1) is 18.1 Å². The van der Waals surface area contributed by atoms with Crippen molar-refractivity contribution < 1.29 is 0 Å². The lowest BCUT2D eigenvalue weighted by Crippen LogP contribution is -1.99. The molecule has 0 saturated carbocycles. The van der Waals surface area contributed by atoms with Gasteiger partial charge in [-0.3, -0.25) is 14.6 Å². The van der Waals surface area contributed by atoms with Gasteiger partial charge in [-0.2, -0.15) is 5.10 Å². The molecule has 0 fully saturated rings. The third-order valence-corrected chi connectivity index (χ3v) is 2.65. The Morgan fingerprint density at radius 2 is 2.00 bits per heavy atom. The Bertz CT molecular complexity index is 703. The molecule has 0 aliphatic rings. The van der Waals surface area contributed by atoms with E-state index in [1.165, 1.54) is 6.33 Å². The lowest BCUT2D eigenvalue weighted by molar-refractivity contribution is 0.989. The van der Waals surface area contributed by atoms with E-state index in [0.717, 1.165) is 11.4 Å². The van der Waals surface area contributed by atoms with Gasteiger partial charge in [-0.1, -0.05) is 6.07 Å². The van der Waals surface area contributed by atoms with Gasteiger partial charge < -0.3 is 0 Å². The SMILES string of the molecule is S=c1[nH]nc(-c2ccccn2)n1-c1cncnc1. The van der Waals surface area contributed by atoms with Crippen molar-refractivity contribution in [3.63, 3.8) is 0 Å². The van der Waals surface area contributed by atoms with Crippen LogP contribution in [-0.4, -0.2) is 29.7 Å². The predicted molar refractivity (Wildman–Crippen MR) is 67.6 cm³/mol. The van der Waals surface area contributed by atoms with Crippen LogP contribution in [0, 0.1) is 4.77 Å². The number of nitrogens with zero attached hydrogens (tertiary/aromatic N) is 5. The minimum atomic E-state index is 0.477. The fourth-order valence-electron chi connectivity index (χ4n) is 1.61. The Morgan fingerprint density at radius 3 is 2.72 bits per heavy atom. The number of H-pyrrole nitrogens is 1. The largest absolute Gasteiger partial charge is 0.264 e. The summed E-state index contributed by atoms with van der Waals surface area (Å²) in [6.07, 6.45) is 6.52. The van der Waals surface area contributed by atoms with E-state index in [-0.39, 0.29) is 0 Å². The summed E-state index contributed by atoms with van der Waals surface area (Å²) in [5.41, 5.74) is 1.48. The van der Waals surface area contributed by atoms with E-state index in [1.54, 1.807) is 23.2 Å². The van der Waals surface area contributed by atoms with Crippen LogP contribution in [-0.2, 0) is 0 Å². The van der Waals surface area contributed by atoms with E-state index < -0.39 is 0 Å². The van der Waals surface area contributed by atoms with E-state index in [9.17, 15) is 0 Å². The van der Waals surface area contributed by atoms with Gasteiger partial charge in [0, 0.05) is 6.20 Å². The van der Waals surface area contributed by atoms with Crippen LogP contribution < -0.4 is 0 Å². The number of hydrogen-bond donors (Lipinski definition) is 1. The second-order valence-electron chi connectivity index (χ2n) is 3.50. The van der Waals surface area contributed by atoms with Crippen molar-refractivity contribution in [2.24, 2.45) is 0 Å². The lowest BCUT2D eigenvalue weighted by atomic mass is 10.3. The quantitative estimate of drug-likeness (QED) is 0.707. The van der Waals surface area contributed by atoms with Crippen LogP contribution in [0.4, 0.5) is 0 Å². The minimum Gasteiger partial charge on any atom is -0.264 e. The molecule has 3 aromatic rings. The van der Waals surface area contributed by atoms with Crippen LogP contribution >= 0.6 is 12.2 Å². The summed E-state index contributed by atoms with van der Waals surface area (Å²) in [6.45, 7) is 0. The van der Waals surface area contributed by atoms with Crippen molar-refractivity contribution >= 4 is 12.2 Å². The summed E-state index contributed by atoms with van der Waals surface area (Å²) in [5, 5.41) is 6.94. The highest BCUT2D eigenvalue weighted by atomic mass is 32.1. The molecule has 0 amide bonds. The first kappa shape index (κ1) is 10.7. The topological polar surface area (TPSA) is 72.3 Å². The molecule has 18 heavy (non-hydrogen) atoms. The second kappa shape index (κ2) is 4.46. The summed E-state index contributed by atoms with van der Waals surface area (Å²) in [5.74, 6) is 0.635. The summed E-state index contributed by atoms with van der Waals surface area (Å²) in [6, 6.07) is 5.61. The monoisotopic (exact) mass is 256 g/mol. The maximum absolute atomic E-state index is 5.22. The zero-order valence-electron chi connectivity index (χ0n) is 9.19. The highest BCUT2D eigenvalue weighted by molar-refractivity contribution is 7.71. The predicted octanol–water partition coefficient (Wildman–Crippen LogP) is 1.78. The van der Waals surface area contributed by atoms with E-state index in [0.29, 0.717) is 10.6 Å². The Labute approximate surface area is 107 Å². The normalized spacial score (nSPS) is 10.4. The van der Waals surface area contributed by atoms with Crippen molar-refractivity contribution in [2.45, 2.75) is 0 Å². The second-order valence-corrected chi connectivity index (χ2v) is 3.89. The molecule has 0 saturated heterocycles. The average Bonchev–Trinajstić information content (AvgIpc) is 2.83. The van der Waals surface area contributed by atoms with Crippen molar-refractivity contribution in [2.75, 3.05) is 0 Å². The molecule has 0 bridgehead atoms. The summed E-state index contributed by atoms with van der Waals surface area (Å²) >= 11 is 5.22. The van der Waals surface area contributed by atoms with Gasteiger partial charge in [0.2, 0.25) is 0 Å². The van der Waals surface area contributed by atoms with Crippen LogP contribution in [0.3, 0.4) is 0 Å². The van der Waals surface area contributed by atoms with Gasteiger partial charge in [0.15, 0.2) is 10.6 Å². The first-order valence-corrected chi connectivity index (χ1v) is 5.61. The van der Waals surface area contributed by atoms with Crippen molar-refractivity contribution in [3.8, 4) is 17.2 Å². The molecule has 0 aromatic carbocycles. The average molecular weight is 256 g/mol. The van der Waals surface area contributed by atoms with E-state index >= 15 is 0 Å². The molecular formula is C11H8N6S. The Balaban J connectivity index is 2.23. The third-order valence-electron chi connectivity index (χ3n) is 2.37. The molecule has 0 radical (unpaired) electrons. The molecule has 6 nitrogen and oxygen atoms in total. The Morgan fingerprint density at radius 1 is 1.17 bits per heavy atom. The van der Waals surface area contributed by atoms with Crippen LogP contribution in [0.25, 0.3) is 17.2 Å². The van der Waals surface area contributed by atoms with Crippen molar-refractivity contribution in [1.82, 2.24) is 29.7 Å². The standard InChI is InChI=1S/C11H8N6S/c18-11-16-15-10(9-3-1-2-4-14-9)17(11)8-5-12-7-13-6-8/h1-7H,(H,16,18). The zero-order chi connectivity index (χ0) is 12.4. The molecule has 0 unspecified atom stereocenters. The third kappa shape index (κ3) is 1.80. The smallest absolute Gasteiger partial charge is 0.200 e. The van der Waals surface area contributed by atoms with Crippen LogP contribution in [0.1, 0.15) is 0 Å². The number of aromatic nitrogens is 6. The van der Waals surface area contributed by atoms with Gasteiger partial charge in [-0.15, -0.1) is 0 Å². The Hall–Kier alpha value is -2.41. The number of nitrogens with one attached hydrogen (secondary N) is 1. The summed E-state index contributed by atoms with van der Waals surface area (Å²) in [7, 11) is 0. The highest BCUT2D eigenvalue weighted by Crippen LogP contribution is 2.17. The van der Waals surface area contributed by atoms with Gasteiger partial charge >= 0.3 is 0 Å². The molecule has 0 aliphatic heterocycles. The fourth-order valence-corrected chi connectivity index (χ4v) is 1.85. The molecule has 3 aromatic heterocycles. The maximum Gasteiger partial charge on any atom is 0.200 e. The van der Waals surface area contributed by atoms with Crippen LogP contribution in [0.5, 0.6) is 0 Å². The Kier molecular flexibility index (Phi) is 2.66. The molecule has 0 aliphatic carbocycles. The van der Waals surface area contributed by atoms with Gasteiger partial charge in [0.1, 0.15) is 12.0 Å². The molecule has 0 spiro atoms. The van der Waals surface area contributed by atoms with E-state index in [4.69, 9.17) is 12.2 Å². The van der Waals surface area contributed by atoms with E-state index in [2.05, 4.69) is 25.1 Å². The number of pyridine rings is 1. The number of rotatable bonds is 2. The van der Waals surface area contributed by atoms with Crippen molar-refractivity contribution in [1.29, 1.82) is 0 Å².